The van der Waals surface area contributed by atoms with E-state index in [9.17, 15) is 9.59 Å². The molecule has 2 heterocycles. The van der Waals surface area contributed by atoms with Gasteiger partial charge in [-0.2, -0.15) is 0 Å². The third-order valence-corrected chi connectivity index (χ3v) is 6.79. The van der Waals surface area contributed by atoms with Gasteiger partial charge < -0.3 is 19.9 Å². The number of hydrogen-bond acceptors (Lipinski definition) is 5. The van der Waals surface area contributed by atoms with Crippen LogP contribution in [0.1, 0.15) is 22.3 Å². The molecule has 0 bridgehead atoms. The van der Waals surface area contributed by atoms with Gasteiger partial charge in [0.05, 0.1) is 35.7 Å². The van der Waals surface area contributed by atoms with E-state index in [1.54, 1.807) is 17.0 Å². The van der Waals surface area contributed by atoms with Gasteiger partial charge in [0.25, 0.3) is 5.91 Å². The number of ether oxygens (including phenoxy) is 1. The molecule has 2 aliphatic rings. The summed E-state index contributed by atoms with van der Waals surface area (Å²) in [5.41, 5.74) is 3.24. The zero-order valence-corrected chi connectivity index (χ0v) is 20.7. The molecule has 2 amide bonds. The first-order valence-electron chi connectivity index (χ1n) is 12.5. The minimum Gasteiger partial charge on any atom is -0.494 e. The van der Waals surface area contributed by atoms with E-state index >= 15 is 0 Å². The predicted molar refractivity (Wildman–Crippen MR) is 142 cm³/mol. The first-order chi connectivity index (χ1) is 17.6. The molecule has 7 heteroatoms. The Kier molecular flexibility index (Phi) is 7.30. The molecule has 0 saturated carbocycles. The molecule has 3 aromatic rings. The summed E-state index contributed by atoms with van der Waals surface area (Å²) < 4.78 is 5.94. The molecular weight excluding hydrogens is 452 g/mol. The van der Waals surface area contributed by atoms with Crippen molar-refractivity contribution in [3.05, 3.63) is 83.9 Å². The van der Waals surface area contributed by atoms with Crippen LogP contribution in [0.5, 0.6) is 5.75 Å². The van der Waals surface area contributed by atoms with E-state index in [1.165, 1.54) is 0 Å². The summed E-state index contributed by atoms with van der Waals surface area (Å²) in [5, 5.41) is 2.93. The number of hydrogen-bond donors (Lipinski definition) is 1. The number of piperazine rings is 1. The Bertz CT molecular complexity index is 1220. The van der Waals surface area contributed by atoms with Gasteiger partial charge in [0.2, 0.25) is 5.91 Å². The van der Waals surface area contributed by atoms with Gasteiger partial charge in [-0.1, -0.05) is 36.4 Å². The highest BCUT2D eigenvalue weighted by molar-refractivity contribution is 6.17. The van der Waals surface area contributed by atoms with Crippen molar-refractivity contribution in [2.75, 3.05) is 56.6 Å². The zero-order valence-electron chi connectivity index (χ0n) is 20.7. The molecular formula is C29H32N4O3. The van der Waals surface area contributed by atoms with Crippen LogP contribution in [0, 0.1) is 0 Å². The monoisotopic (exact) mass is 484 g/mol. The molecule has 0 spiro atoms. The van der Waals surface area contributed by atoms with Gasteiger partial charge in [-0.3, -0.25) is 14.5 Å². The van der Waals surface area contributed by atoms with E-state index < -0.39 is 0 Å². The summed E-state index contributed by atoms with van der Waals surface area (Å²) in [6, 6.07) is 22.3. The Morgan fingerprint density at radius 1 is 0.889 bits per heavy atom. The number of nitrogens with one attached hydrogen (secondary N) is 1. The van der Waals surface area contributed by atoms with Crippen LogP contribution in [0.4, 0.5) is 17.1 Å². The van der Waals surface area contributed by atoms with Crippen LogP contribution in [-0.2, 0) is 11.2 Å². The summed E-state index contributed by atoms with van der Waals surface area (Å²) in [6.07, 6.45) is 1.20. The fourth-order valence-electron chi connectivity index (χ4n) is 4.73. The summed E-state index contributed by atoms with van der Waals surface area (Å²) >= 11 is 0. The Balaban J connectivity index is 1.22. The molecule has 0 radical (unpaired) electrons. The fourth-order valence-corrected chi connectivity index (χ4v) is 4.73. The highest BCUT2D eigenvalue weighted by Gasteiger charge is 2.28. The number of nitrogens with zero attached hydrogens (tertiary/aromatic N) is 3. The average Bonchev–Trinajstić information content (AvgIpc) is 3.02. The molecule has 0 unspecified atom stereocenters. The molecule has 3 aromatic carbocycles. The van der Waals surface area contributed by atoms with Gasteiger partial charge in [0, 0.05) is 32.7 Å². The fraction of sp³-hybridized carbons (Fsp3) is 0.310. The minimum absolute atomic E-state index is 0.104. The number of benzene rings is 3. The lowest BCUT2D eigenvalue weighted by Crippen LogP contribution is -2.44. The highest BCUT2D eigenvalue weighted by atomic mass is 16.5. The highest BCUT2D eigenvalue weighted by Crippen LogP contribution is 2.38. The van der Waals surface area contributed by atoms with Crippen molar-refractivity contribution in [2.24, 2.45) is 0 Å². The average molecular weight is 485 g/mol. The van der Waals surface area contributed by atoms with Crippen molar-refractivity contribution < 1.29 is 14.3 Å². The van der Waals surface area contributed by atoms with Gasteiger partial charge in [0.15, 0.2) is 0 Å². The quantitative estimate of drug-likeness (QED) is 0.510. The zero-order chi connectivity index (χ0) is 24.9. The van der Waals surface area contributed by atoms with Crippen LogP contribution in [-0.4, -0.2) is 68.0 Å². The summed E-state index contributed by atoms with van der Waals surface area (Å²) in [4.78, 5) is 32.8. The molecule has 2 aliphatic heterocycles. The third kappa shape index (κ3) is 5.42. The number of likely N-dealkylation sites (N-methyl/N-ethyl adjacent to an activating group) is 1. The summed E-state index contributed by atoms with van der Waals surface area (Å²) in [6.45, 7) is 6.22. The maximum Gasteiger partial charge on any atom is 0.257 e. The number of carbonyl (C=O) groups is 2. The number of carbonyl (C=O) groups excluding carboxylic acids is 2. The Morgan fingerprint density at radius 2 is 1.58 bits per heavy atom. The second-order valence-corrected chi connectivity index (χ2v) is 9.39. The van der Waals surface area contributed by atoms with Crippen LogP contribution in [0.15, 0.2) is 72.8 Å². The van der Waals surface area contributed by atoms with Crippen LogP contribution in [0.2, 0.25) is 0 Å². The lowest BCUT2D eigenvalue weighted by molar-refractivity contribution is -0.117. The summed E-state index contributed by atoms with van der Waals surface area (Å²) in [5.74, 6) is 0.486. The molecule has 0 atom stereocenters. The molecule has 0 aromatic heterocycles. The number of fused-ring (bicyclic) bond motifs is 2. The molecule has 36 heavy (non-hydrogen) atoms. The first-order valence-corrected chi connectivity index (χ1v) is 12.5. The number of para-hydroxylation sites is 3. The molecule has 1 saturated heterocycles. The van der Waals surface area contributed by atoms with Crippen molar-refractivity contribution >= 4 is 28.9 Å². The van der Waals surface area contributed by atoms with E-state index in [-0.39, 0.29) is 18.2 Å². The van der Waals surface area contributed by atoms with E-state index in [2.05, 4.69) is 22.2 Å². The van der Waals surface area contributed by atoms with Crippen LogP contribution in [0.3, 0.4) is 0 Å². The van der Waals surface area contributed by atoms with Crippen LogP contribution in [0.25, 0.3) is 0 Å². The molecule has 0 aliphatic carbocycles. The van der Waals surface area contributed by atoms with Crippen molar-refractivity contribution in [2.45, 2.75) is 12.8 Å². The maximum absolute atomic E-state index is 13.6. The van der Waals surface area contributed by atoms with E-state index in [0.29, 0.717) is 29.2 Å². The topological polar surface area (TPSA) is 65.1 Å². The molecule has 1 N–H and O–H groups in total. The van der Waals surface area contributed by atoms with Crippen molar-refractivity contribution in [1.29, 1.82) is 0 Å². The molecule has 7 nitrogen and oxygen atoms in total. The second-order valence-electron chi connectivity index (χ2n) is 9.39. The van der Waals surface area contributed by atoms with E-state index in [0.717, 1.165) is 50.5 Å². The lowest BCUT2D eigenvalue weighted by Gasteiger charge is -2.32. The Hall–Kier alpha value is -3.68. The molecule has 186 valence electrons. The molecule has 5 rings (SSSR count). The van der Waals surface area contributed by atoms with Gasteiger partial charge in [0.1, 0.15) is 5.75 Å². The summed E-state index contributed by atoms with van der Waals surface area (Å²) in [7, 11) is 2.17. The third-order valence-electron chi connectivity index (χ3n) is 6.79. The van der Waals surface area contributed by atoms with Crippen LogP contribution < -0.4 is 15.0 Å². The van der Waals surface area contributed by atoms with Gasteiger partial charge in [-0.25, -0.2) is 0 Å². The number of amides is 2. The first kappa shape index (κ1) is 24.0. The van der Waals surface area contributed by atoms with Gasteiger partial charge >= 0.3 is 0 Å². The smallest absolute Gasteiger partial charge is 0.257 e. The maximum atomic E-state index is 13.6. The second kappa shape index (κ2) is 10.9. The standard InChI is InChI=1S/C29H32N4O3/c1-31-16-18-32(19-17-31)15-6-20-36-23-13-11-22(12-14-23)21-28(34)33-26-9-4-2-7-24(26)29(35)30-25-8-3-5-10-27(25)33/h2-5,7-14H,6,15-21H2,1H3,(H,30,35). The van der Waals surface area contributed by atoms with E-state index in [1.807, 2.05) is 60.7 Å². The van der Waals surface area contributed by atoms with Crippen molar-refractivity contribution in [1.82, 2.24) is 9.80 Å². The number of rotatable bonds is 7. The van der Waals surface area contributed by atoms with Crippen molar-refractivity contribution in [3.63, 3.8) is 0 Å². The largest absolute Gasteiger partial charge is 0.494 e. The van der Waals surface area contributed by atoms with Crippen molar-refractivity contribution in [3.8, 4) is 5.75 Å². The van der Waals surface area contributed by atoms with Gasteiger partial charge in [-0.05, 0) is 55.4 Å². The normalized spacial score (nSPS) is 16.0. The number of anilines is 3. The SMILES string of the molecule is CN1CCN(CCCOc2ccc(CC(=O)N3c4ccccc4NC(=O)c4ccccc43)cc2)CC1. The lowest BCUT2D eigenvalue weighted by atomic mass is 10.1. The predicted octanol–water partition coefficient (Wildman–Crippen LogP) is 4.18. The van der Waals surface area contributed by atoms with E-state index in [4.69, 9.17) is 4.74 Å². The van der Waals surface area contributed by atoms with Gasteiger partial charge in [-0.15, -0.1) is 0 Å². The molecule has 1 fully saturated rings. The minimum atomic E-state index is -0.220. The van der Waals surface area contributed by atoms with Crippen LogP contribution >= 0.6 is 0 Å². The Morgan fingerprint density at radius 3 is 2.36 bits per heavy atom. The Labute approximate surface area is 212 Å².